The van der Waals surface area contributed by atoms with Crippen molar-refractivity contribution in [1.29, 1.82) is 0 Å². The second-order valence-corrected chi connectivity index (χ2v) is 7.24. The Morgan fingerprint density at radius 3 is 2.75 bits per heavy atom. The highest BCUT2D eigenvalue weighted by Crippen LogP contribution is 2.29. The molecule has 0 aliphatic carbocycles. The number of carboxylic acid groups (broad SMARTS) is 1. The highest BCUT2D eigenvalue weighted by Gasteiger charge is 2.18. The predicted molar refractivity (Wildman–Crippen MR) is 82.6 cm³/mol. The van der Waals surface area contributed by atoms with E-state index in [1.54, 1.807) is 6.07 Å². The molecule has 0 atom stereocenters. The van der Waals surface area contributed by atoms with Crippen LogP contribution in [0.2, 0.25) is 5.02 Å². The number of thioether (sulfide) groups is 1. The van der Waals surface area contributed by atoms with E-state index in [0.29, 0.717) is 5.02 Å². The number of fused-ring (bicyclic) bond motifs is 1. The summed E-state index contributed by atoms with van der Waals surface area (Å²) in [6, 6.07) is 5.57. The molecule has 0 fully saturated rings. The molecule has 0 aliphatic heterocycles. The Kier molecular flexibility index (Phi) is 4.30. The quantitative estimate of drug-likeness (QED) is 0.870. The number of carboxylic acids is 1. The fraction of sp³-hybridized carbons (Fsp3) is 0.429. The van der Waals surface area contributed by atoms with Crippen molar-refractivity contribution in [2.75, 3.05) is 5.75 Å². The monoisotopic (exact) mass is 312 g/mol. The summed E-state index contributed by atoms with van der Waals surface area (Å²) in [7, 11) is 0. The van der Waals surface area contributed by atoms with Crippen molar-refractivity contribution in [3.63, 3.8) is 0 Å². The molecule has 1 aromatic heterocycles. The van der Waals surface area contributed by atoms with E-state index >= 15 is 0 Å². The van der Waals surface area contributed by atoms with E-state index in [-0.39, 0.29) is 11.2 Å². The van der Waals surface area contributed by atoms with E-state index in [9.17, 15) is 4.79 Å². The minimum atomic E-state index is -0.845. The van der Waals surface area contributed by atoms with Gasteiger partial charge in [0.1, 0.15) is 0 Å². The number of benzene rings is 1. The Balaban J connectivity index is 2.47. The van der Waals surface area contributed by atoms with Crippen LogP contribution in [-0.4, -0.2) is 26.4 Å². The fourth-order valence-electron chi connectivity index (χ4n) is 1.94. The highest BCUT2D eigenvalue weighted by molar-refractivity contribution is 7.99. The largest absolute Gasteiger partial charge is 0.481 e. The number of nitrogens with zero attached hydrogens (tertiary/aromatic N) is 2. The Morgan fingerprint density at radius 1 is 1.45 bits per heavy atom. The topological polar surface area (TPSA) is 55.1 Å². The van der Waals surface area contributed by atoms with E-state index < -0.39 is 5.97 Å². The molecular weight excluding hydrogens is 296 g/mol. The van der Waals surface area contributed by atoms with E-state index in [1.165, 1.54) is 11.8 Å². The smallest absolute Gasteiger partial charge is 0.313 e. The van der Waals surface area contributed by atoms with Crippen molar-refractivity contribution in [2.45, 2.75) is 32.5 Å². The predicted octanol–water partition coefficient (Wildman–Crippen LogP) is 3.91. The second-order valence-electron chi connectivity index (χ2n) is 5.86. The van der Waals surface area contributed by atoms with Gasteiger partial charge in [0, 0.05) is 11.6 Å². The minimum Gasteiger partial charge on any atom is -0.481 e. The number of hydrogen-bond donors (Lipinski definition) is 1. The van der Waals surface area contributed by atoms with Gasteiger partial charge in [0.15, 0.2) is 5.16 Å². The minimum absolute atomic E-state index is 0.00119. The molecule has 1 N–H and O–H groups in total. The maximum absolute atomic E-state index is 10.8. The molecule has 2 rings (SSSR count). The number of halogens is 1. The molecule has 0 bridgehead atoms. The van der Waals surface area contributed by atoms with Crippen LogP contribution >= 0.6 is 23.4 Å². The Hall–Kier alpha value is -1.20. The lowest BCUT2D eigenvalue weighted by Crippen LogP contribution is -2.16. The summed E-state index contributed by atoms with van der Waals surface area (Å²) >= 11 is 7.23. The molecule has 0 spiro atoms. The summed E-state index contributed by atoms with van der Waals surface area (Å²) < 4.78 is 2.07. The van der Waals surface area contributed by atoms with Crippen LogP contribution in [0, 0.1) is 5.41 Å². The third-order valence-corrected chi connectivity index (χ3v) is 3.83. The SMILES string of the molecule is CC(C)(C)Cn1c(SCC(=O)O)nc2cc(Cl)ccc21. The van der Waals surface area contributed by atoms with Gasteiger partial charge in [-0.2, -0.15) is 0 Å². The molecule has 0 saturated carbocycles. The molecule has 0 amide bonds. The van der Waals surface area contributed by atoms with Gasteiger partial charge in [-0.25, -0.2) is 4.98 Å². The molecule has 2 aromatic rings. The van der Waals surface area contributed by atoms with Crippen LogP contribution in [-0.2, 0) is 11.3 Å². The van der Waals surface area contributed by atoms with Crippen LogP contribution in [0.5, 0.6) is 0 Å². The van der Waals surface area contributed by atoms with Gasteiger partial charge in [-0.05, 0) is 23.6 Å². The molecule has 0 unspecified atom stereocenters. The number of aromatic nitrogens is 2. The zero-order valence-electron chi connectivity index (χ0n) is 11.7. The van der Waals surface area contributed by atoms with E-state index in [1.807, 2.05) is 12.1 Å². The van der Waals surface area contributed by atoms with Gasteiger partial charge < -0.3 is 9.67 Å². The van der Waals surface area contributed by atoms with Gasteiger partial charge in [-0.3, -0.25) is 4.79 Å². The van der Waals surface area contributed by atoms with Gasteiger partial charge in [0.05, 0.1) is 16.8 Å². The van der Waals surface area contributed by atoms with E-state index in [0.717, 1.165) is 22.7 Å². The summed E-state index contributed by atoms with van der Waals surface area (Å²) in [5.74, 6) is -0.844. The molecule has 0 saturated heterocycles. The standard InChI is InChI=1S/C14H17ClN2O2S/c1-14(2,3)8-17-11-5-4-9(15)6-10(11)16-13(17)20-7-12(18)19/h4-6H,7-8H2,1-3H3,(H,18,19). The molecule has 0 aliphatic rings. The zero-order valence-corrected chi connectivity index (χ0v) is 13.3. The first-order valence-corrected chi connectivity index (χ1v) is 7.63. The number of aliphatic carboxylic acids is 1. The molecule has 1 heterocycles. The van der Waals surface area contributed by atoms with E-state index in [4.69, 9.17) is 16.7 Å². The number of rotatable bonds is 4. The molecular formula is C14H17ClN2O2S. The maximum atomic E-state index is 10.8. The third kappa shape index (κ3) is 3.67. The lowest BCUT2D eigenvalue weighted by molar-refractivity contribution is -0.133. The van der Waals surface area contributed by atoms with Crippen molar-refractivity contribution in [3.8, 4) is 0 Å². The molecule has 0 radical (unpaired) electrons. The van der Waals surface area contributed by atoms with E-state index in [2.05, 4.69) is 30.3 Å². The van der Waals surface area contributed by atoms with Crippen LogP contribution in [0.1, 0.15) is 20.8 Å². The van der Waals surface area contributed by atoms with Gasteiger partial charge >= 0.3 is 5.97 Å². The fourth-order valence-corrected chi connectivity index (χ4v) is 2.84. The molecule has 108 valence electrons. The van der Waals surface area contributed by atoms with Crippen LogP contribution in [0.4, 0.5) is 0 Å². The normalized spacial score (nSPS) is 12.0. The van der Waals surface area contributed by atoms with Crippen molar-refractivity contribution < 1.29 is 9.90 Å². The van der Waals surface area contributed by atoms with Gasteiger partial charge in [0.2, 0.25) is 0 Å². The summed E-state index contributed by atoms with van der Waals surface area (Å²) in [6.07, 6.45) is 0. The lowest BCUT2D eigenvalue weighted by atomic mass is 9.97. The molecule has 4 nitrogen and oxygen atoms in total. The first kappa shape index (κ1) is 15.2. The lowest BCUT2D eigenvalue weighted by Gasteiger charge is -2.20. The van der Waals surface area contributed by atoms with Crippen LogP contribution in [0.25, 0.3) is 11.0 Å². The first-order chi connectivity index (χ1) is 9.26. The summed E-state index contributed by atoms with van der Waals surface area (Å²) in [6.45, 7) is 7.19. The van der Waals surface area contributed by atoms with Crippen LogP contribution < -0.4 is 0 Å². The maximum Gasteiger partial charge on any atom is 0.313 e. The van der Waals surface area contributed by atoms with Gasteiger partial charge in [0.25, 0.3) is 0 Å². The molecule has 1 aromatic carbocycles. The summed E-state index contributed by atoms with van der Waals surface area (Å²) in [5.41, 5.74) is 1.86. The average Bonchev–Trinajstić information content (AvgIpc) is 2.62. The first-order valence-electron chi connectivity index (χ1n) is 6.27. The highest BCUT2D eigenvalue weighted by atomic mass is 35.5. The zero-order chi connectivity index (χ0) is 14.9. The number of hydrogen-bond acceptors (Lipinski definition) is 3. The summed E-state index contributed by atoms with van der Waals surface area (Å²) in [5, 5.41) is 10.2. The second kappa shape index (κ2) is 5.66. The molecule has 6 heteroatoms. The Labute approximate surface area is 127 Å². The van der Waals surface area contributed by atoms with Crippen LogP contribution in [0.3, 0.4) is 0 Å². The van der Waals surface area contributed by atoms with Crippen molar-refractivity contribution in [1.82, 2.24) is 9.55 Å². The number of imidazole rings is 1. The molecule has 20 heavy (non-hydrogen) atoms. The van der Waals surface area contributed by atoms with Gasteiger partial charge in [-0.15, -0.1) is 0 Å². The average molecular weight is 313 g/mol. The van der Waals surface area contributed by atoms with Gasteiger partial charge in [-0.1, -0.05) is 44.1 Å². The summed E-state index contributed by atoms with van der Waals surface area (Å²) in [4.78, 5) is 15.3. The van der Waals surface area contributed by atoms with Crippen molar-refractivity contribution in [3.05, 3.63) is 23.2 Å². The Bertz CT molecular complexity index is 646. The van der Waals surface area contributed by atoms with Crippen LogP contribution in [0.15, 0.2) is 23.4 Å². The Morgan fingerprint density at radius 2 is 2.15 bits per heavy atom. The number of carbonyl (C=O) groups is 1. The van der Waals surface area contributed by atoms with Crippen molar-refractivity contribution in [2.24, 2.45) is 5.41 Å². The third-order valence-electron chi connectivity index (χ3n) is 2.63. The van der Waals surface area contributed by atoms with Crippen molar-refractivity contribution >= 4 is 40.4 Å².